The van der Waals surface area contributed by atoms with Crippen molar-refractivity contribution in [2.45, 2.75) is 33.2 Å². The van der Waals surface area contributed by atoms with Crippen LogP contribution in [0.2, 0.25) is 0 Å². The van der Waals surface area contributed by atoms with Crippen LogP contribution < -0.4 is 5.73 Å². The molecule has 0 saturated heterocycles. The monoisotopic (exact) mass is 325 g/mol. The maximum absolute atomic E-state index is 13.4. The molecule has 2 rings (SSSR count). The first-order valence-electron chi connectivity index (χ1n) is 6.38. The van der Waals surface area contributed by atoms with Crippen LogP contribution in [0.15, 0.2) is 22.7 Å². The number of nitrogens with two attached hydrogens (primary N) is 1. The van der Waals surface area contributed by atoms with E-state index in [4.69, 9.17) is 5.73 Å². The van der Waals surface area contributed by atoms with Crippen LogP contribution in [0.1, 0.15) is 26.1 Å². The van der Waals surface area contributed by atoms with Crippen LogP contribution in [-0.2, 0) is 13.0 Å². The molecule has 0 unspecified atom stereocenters. The number of hydrogen-bond donors (Lipinski definition) is 1. The topological polar surface area (TPSA) is 43.8 Å². The van der Waals surface area contributed by atoms with Crippen molar-refractivity contribution in [2.24, 2.45) is 0 Å². The first-order valence-corrected chi connectivity index (χ1v) is 7.18. The second-order valence-corrected chi connectivity index (χ2v) is 5.23. The summed E-state index contributed by atoms with van der Waals surface area (Å²) >= 11 is 3.42. The van der Waals surface area contributed by atoms with E-state index in [1.807, 2.05) is 11.5 Å². The summed E-state index contributed by atoms with van der Waals surface area (Å²) < 4.78 is 16.2. The summed E-state index contributed by atoms with van der Waals surface area (Å²) in [6, 6.07) is 4.54. The van der Waals surface area contributed by atoms with Gasteiger partial charge in [0, 0.05) is 23.0 Å². The summed E-state index contributed by atoms with van der Waals surface area (Å²) in [4.78, 5) is 4.58. The first kappa shape index (κ1) is 14.1. The van der Waals surface area contributed by atoms with E-state index in [1.54, 1.807) is 6.07 Å². The zero-order valence-electron chi connectivity index (χ0n) is 11.1. The van der Waals surface area contributed by atoms with E-state index in [0.29, 0.717) is 17.1 Å². The fourth-order valence-corrected chi connectivity index (χ4v) is 2.59. The highest BCUT2D eigenvalue weighted by Gasteiger charge is 2.17. The van der Waals surface area contributed by atoms with E-state index < -0.39 is 0 Å². The van der Waals surface area contributed by atoms with Gasteiger partial charge in [0.2, 0.25) is 0 Å². The number of aryl methyl sites for hydroxylation is 1. The van der Waals surface area contributed by atoms with E-state index in [9.17, 15) is 4.39 Å². The highest BCUT2D eigenvalue weighted by Crippen LogP contribution is 2.33. The van der Waals surface area contributed by atoms with Crippen LogP contribution in [0, 0.1) is 5.82 Å². The van der Waals surface area contributed by atoms with Gasteiger partial charge in [0.15, 0.2) is 0 Å². The molecule has 1 aromatic carbocycles. The zero-order chi connectivity index (χ0) is 14.0. The SMILES string of the molecule is CCCc1nc(-c2cc(F)ccc2Br)c(N)n1CC. The Morgan fingerprint density at radius 2 is 2.11 bits per heavy atom. The molecule has 0 bridgehead atoms. The maximum Gasteiger partial charge on any atom is 0.131 e. The summed E-state index contributed by atoms with van der Waals surface area (Å²) in [6.07, 6.45) is 1.87. The lowest BCUT2D eigenvalue weighted by Gasteiger charge is -2.06. The first-order chi connectivity index (χ1) is 9.08. The molecule has 102 valence electrons. The van der Waals surface area contributed by atoms with Crippen LogP contribution in [0.4, 0.5) is 10.2 Å². The van der Waals surface area contributed by atoms with Crippen LogP contribution in [0.5, 0.6) is 0 Å². The van der Waals surface area contributed by atoms with Crippen LogP contribution in [0.25, 0.3) is 11.3 Å². The molecule has 1 aromatic heterocycles. The third kappa shape index (κ3) is 2.66. The van der Waals surface area contributed by atoms with Crippen LogP contribution in [-0.4, -0.2) is 9.55 Å². The van der Waals surface area contributed by atoms with Crippen molar-refractivity contribution in [2.75, 3.05) is 5.73 Å². The number of anilines is 1. The fourth-order valence-electron chi connectivity index (χ4n) is 2.16. The molecule has 1 heterocycles. The van der Waals surface area contributed by atoms with Gasteiger partial charge in [-0.15, -0.1) is 0 Å². The molecule has 0 fully saturated rings. The Bertz CT molecular complexity index is 593. The van der Waals surface area contributed by atoms with E-state index in [-0.39, 0.29) is 5.82 Å². The van der Waals surface area contributed by atoms with Gasteiger partial charge in [0.25, 0.3) is 0 Å². The zero-order valence-corrected chi connectivity index (χ0v) is 12.7. The van der Waals surface area contributed by atoms with E-state index in [2.05, 4.69) is 27.8 Å². The smallest absolute Gasteiger partial charge is 0.131 e. The Hall–Kier alpha value is -1.36. The average Bonchev–Trinajstić information content (AvgIpc) is 2.69. The van der Waals surface area contributed by atoms with Gasteiger partial charge in [-0.1, -0.05) is 22.9 Å². The Morgan fingerprint density at radius 3 is 2.74 bits per heavy atom. The second kappa shape index (κ2) is 5.74. The minimum absolute atomic E-state index is 0.291. The third-order valence-electron chi connectivity index (χ3n) is 3.06. The molecule has 0 atom stereocenters. The molecular weight excluding hydrogens is 309 g/mol. The lowest BCUT2D eigenvalue weighted by atomic mass is 10.1. The highest BCUT2D eigenvalue weighted by atomic mass is 79.9. The second-order valence-electron chi connectivity index (χ2n) is 4.38. The minimum Gasteiger partial charge on any atom is -0.383 e. The number of imidazole rings is 1. The maximum atomic E-state index is 13.4. The highest BCUT2D eigenvalue weighted by molar-refractivity contribution is 9.10. The molecule has 2 N–H and O–H groups in total. The quantitative estimate of drug-likeness (QED) is 0.923. The number of hydrogen-bond acceptors (Lipinski definition) is 2. The van der Waals surface area contributed by atoms with Crippen molar-refractivity contribution in [3.63, 3.8) is 0 Å². The van der Waals surface area contributed by atoms with Gasteiger partial charge in [-0.2, -0.15) is 0 Å². The Morgan fingerprint density at radius 1 is 1.37 bits per heavy atom. The number of nitrogens with zero attached hydrogens (tertiary/aromatic N) is 2. The number of halogens is 2. The van der Waals surface area contributed by atoms with Gasteiger partial charge < -0.3 is 10.3 Å². The third-order valence-corrected chi connectivity index (χ3v) is 3.75. The van der Waals surface area contributed by atoms with E-state index in [0.717, 1.165) is 29.7 Å². The van der Waals surface area contributed by atoms with Gasteiger partial charge >= 0.3 is 0 Å². The summed E-state index contributed by atoms with van der Waals surface area (Å²) in [5, 5.41) is 0. The van der Waals surface area contributed by atoms with Gasteiger partial charge in [0.05, 0.1) is 0 Å². The molecule has 0 aliphatic carbocycles. The number of aromatic nitrogens is 2. The van der Waals surface area contributed by atoms with Crippen molar-refractivity contribution < 1.29 is 4.39 Å². The van der Waals surface area contributed by atoms with Crippen molar-refractivity contribution in [3.8, 4) is 11.3 Å². The van der Waals surface area contributed by atoms with Gasteiger partial charge in [-0.25, -0.2) is 9.37 Å². The minimum atomic E-state index is -0.291. The fraction of sp³-hybridized carbons (Fsp3) is 0.357. The Kier molecular flexibility index (Phi) is 4.24. The number of rotatable bonds is 4. The molecule has 5 heteroatoms. The predicted octanol–water partition coefficient (Wildman–Crippen LogP) is 4.01. The summed E-state index contributed by atoms with van der Waals surface area (Å²) in [6.45, 7) is 4.89. The van der Waals surface area contributed by atoms with Crippen molar-refractivity contribution in [1.29, 1.82) is 0 Å². The van der Waals surface area contributed by atoms with Crippen molar-refractivity contribution >= 4 is 21.7 Å². The molecule has 2 aromatic rings. The van der Waals surface area contributed by atoms with Crippen LogP contribution >= 0.6 is 15.9 Å². The van der Waals surface area contributed by atoms with E-state index in [1.165, 1.54) is 12.1 Å². The van der Waals surface area contributed by atoms with Gasteiger partial charge in [-0.05, 0) is 31.5 Å². The summed E-state index contributed by atoms with van der Waals surface area (Å²) in [7, 11) is 0. The normalized spacial score (nSPS) is 10.9. The van der Waals surface area contributed by atoms with Gasteiger partial charge in [-0.3, -0.25) is 0 Å². The lowest BCUT2D eigenvalue weighted by Crippen LogP contribution is -2.05. The van der Waals surface area contributed by atoms with Crippen molar-refractivity contribution in [1.82, 2.24) is 9.55 Å². The molecule has 0 amide bonds. The largest absolute Gasteiger partial charge is 0.383 e. The standard InChI is InChI=1S/C14H17BrFN3/c1-3-5-12-18-13(14(17)19(12)4-2)10-8-9(16)6-7-11(10)15/h6-8H,3-5,17H2,1-2H3. The predicted molar refractivity (Wildman–Crippen MR) is 79.4 cm³/mol. The molecule has 0 saturated carbocycles. The molecular formula is C14H17BrFN3. The Labute approximate surface area is 120 Å². The lowest BCUT2D eigenvalue weighted by molar-refractivity contribution is 0.628. The average molecular weight is 326 g/mol. The molecule has 0 spiro atoms. The summed E-state index contributed by atoms with van der Waals surface area (Å²) in [5.74, 6) is 1.26. The summed E-state index contributed by atoms with van der Waals surface area (Å²) in [5.41, 5.74) is 7.50. The van der Waals surface area contributed by atoms with Gasteiger partial charge in [0.1, 0.15) is 23.2 Å². The van der Waals surface area contributed by atoms with E-state index >= 15 is 0 Å². The molecule has 0 aliphatic rings. The number of nitrogen functional groups attached to an aromatic ring is 1. The molecule has 19 heavy (non-hydrogen) atoms. The number of benzene rings is 1. The van der Waals surface area contributed by atoms with Crippen molar-refractivity contribution in [3.05, 3.63) is 34.3 Å². The van der Waals surface area contributed by atoms with Crippen LogP contribution in [0.3, 0.4) is 0 Å². The molecule has 0 aliphatic heterocycles. The Balaban J connectivity index is 2.59. The molecule has 0 radical (unpaired) electrons. The molecule has 3 nitrogen and oxygen atoms in total.